The fraction of sp³-hybridized carbons (Fsp3) is 0.273. The predicted octanol–water partition coefficient (Wildman–Crippen LogP) is 2.09. The number of benzene rings is 1. The van der Waals surface area contributed by atoms with Gasteiger partial charge in [0, 0.05) is 17.5 Å². The Bertz CT molecular complexity index is 582. The van der Waals surface area contributed by atoms with Gasteiger partial charge in [0.2, 0.25) is 6.43 Å². The van der Waals surface area contributed by atoms with E-state index in [1.165, 1.54) is 6.07 Å². The monoisotopic (exact) mass is 322 g/mol. The Hall–Kier alpha value is -2.29. The molecule has 2 N–H and O–H groups in total. The molecule has 1 aromatic rings. The average Bonchev–Trinajstić information content (AvgIpc) is 2.36. The standard InChI is InChI=1S/C11H9ClF2N2O5/c12-5-1-2-6(8(3-5)16(20)21)10(17)15-7(11(18)19)4-9(13)14/h1-3,7,9H,4H2,(H,15,17)(H,18,19). The Labute approximate surface area is 121 Å². The molecule has 0 aromatic heterocycles. The summed E-state index contributed by atoms with van der Waals surface area (Å²) in [6.45, 7) is 0. The van der Waals surface area contributed by atoms with Gasteiger partial charge in [-0.15, -0.1) is 0 Å². The van der Waals surface area contributed by atoms with Crippen molar-refractivity contribution in [3.63, 3.8) is 0 Å². The van der Waals surface area contributed by atoms with Gasteiger partial charge in [0.05, 0.1) is 4.92 Å². The van der Waals surface area contributed by atoms with Gasteiger partial charge in [-0.2, -0.15) is 0 Å². The number of carboxylic acids is 1. The highest BCUT2D eigenvalue weighted by Gasteiger charge is 2.27. The van der Waals surface area contributed by atoms with E-state index < -0.39 is 46.9 Å². The van der Waals surface area contributed by atoms with Crippen LogP contribution in [0.3, 0.4) is 0 Å². The summed E-state index contributed by atoms with van der Waals surface area (Å²) >= 11 is 5.56. The fourth-order valence-electron chi connectivity index (χ4n) is 1.48. The summed E-state index contributed by atoms with van der Waals surface area (Å²) in [6, 6.07) is 1.25. The van der Waals surface area contributed by atoms with Gasteiger partial charge in [0.15, 0.2) is 0 Å². The van der Waals surface area contributed by atoms with Gasteiger partial charge < -0.3 is 10.4 Å². The van der Waals surface area contributed by atoms with Gasteiger partial charge in [-0.05, 0) is 12.1 Å². The van der Waals surface area contributed by atoms with Crippen molar-refractivity contribution in [1.29, 1.82) is 0 Å². The number of carboxylic acid groups (broad SMARTS) is 1. The van der Waals surface area contributed by atoms with E-state index >= 15 is 0 Å². The number of carbonyl (C=O) groups excluding carboxylic acids is 1. The predicted molar refractivity (Wildman–Crippen MR) is 67.6 cm³/mol. The summed E-state index contributed by atoms with van der Waals surface area (Å²) in [5, 5.41) is 21.4. The molecule has 0 aliphatic heterocycles. The Morgan fingerprint density at radius 2 is 2.05 bits per heavy atom. The number of halogens is 3. The number of hydrogen-bond donors (Lipinski definition) is 2. The zero-order chi connectivity index (χ0) is 16.2. The van der Waals surface area contributed by atoms with Gasteiger partial charge in [0.25, 0.3) is 11.6 Å². The summed E-state index contributed by atoms with van der Waals surface area (Å²) < 4.78 is 24.4. The van der Waals surface area contributed by atoms with Gasteiger partial charge in [-0.25, -0.2) is 13.6 Å². The summed E-state index contributed by atoms with van der Waals surface area (Å²) in [5.41, 5.74) is -1.12. The second kappa shape index (κ2) is 6.93. The van der Waals surface area contributed by atoms with Crippen LogP contribution in [-0.4, -0.2) is 34.4 Å². The lowest BCUT2D eigenvalue weighted by Crippen LogP contribution is -2.42. The third-order valence-electron chi connectivity index (χ3n) is 2.42. The van der Waals surface area contributed by atoms with E-state index in [9.17, 15) is 28.5 Å². The summed E-state index contributed by atoms with van der Waals surface area (Å²) in [5.74, 6) is -2.81. The first-order valence-corrected chi connectivity index (χ1v) is 5.86. The number of hydrogen-bond acceptors (Lipinski definition) is 4. The Balaban J connectivity index is 3.03. The van der Waals surface area contributed by atoms with Crippen molar-refractivity contribution in [2.75, 3.05) is 0 Å². The highest BCUT2D eigenvalue weighted by molar-refractivity contribution is 6.31. The van der Waals surface area contributed by atoms with E-state index in [1.54, 1.807) is 0 Å². The molecule has 0 aliphatic carbocycles. The molecule has 1 rings (SSSR count). The molecule has 1 aromatic carbocycles. The van der Waals surface area contributed by atoms with E-state index in [2.05, 4.69) is 0 Å². The van der Waals surface area contributed by atoms with Crippen LogP contribution < -0.4 is 5.32 Å². The molecule has 21 heavy (non-hydrogen) atoms. The maximum atomic E-state index is 12.2. The molecule has 0 heterocycles. The Morgan fingerprint density at radius 3 is 2.52 bits per heavy atom. The molecule has 10 heteroatoms. The first kappa shape index (κ1) is 16.8. The summed E-state index contributed by atoms with van der Waals surface area (Å²) in [4.78, 5) is 32.5. The van der Waals surface area contributed by atoms with Crippen molar-refractivity contribution < 1.29 is 28.4 Å². The van der Waals surface area contributed by atoms with Crippen LogP contribution in [0.5, 0.6) is 0 Å². The summed E-state index contributed by atoms with van der Waals surface area (Å²) in [7, 11) is 0. The first-order valence-electron chi connectivity index (χ1n) is 5.48. The van der Waals surface area contributed by atoms with Gasteiger partial charge in [-0.3, -0.25) is 14.9 Å². The SMILES string of the molecule is O=C(NC(CC(F)F)C(=O)O)c1ccc(Cl)cc1[N+](=O)[O-]. The smallest absolute Gasteiger partial charge is 0.326 e. The molecular weight excluding hydrogens is 314 g/mol. The molecule has 0 radical (unpaired) electrons. The van der Waals surface area contributed by atoms with Gasteiger partial charge in [0.1, 0.15) is 11.6 Å². The third kappa shape index (κ3) is 4.63. The molecule has 0 aliphatic rings. The molecule has 0 fully saturated rings. The molecule has 1 amide bonds. The Morgan fingerprint density at radius 1 is 1.43 bits per heavy atom. The number of nitrogens with one attached hydrogen (secondary N) is 1. The first-order chi connectivity index (χ1) is 9.72. The van der Waals surface area contributed by atoms with Crippen molar-refractivity contribution >= 4 is 29.2 Å². The molecule has 1 atom stereocenters. The zero-order valence-corrected chi connectivity index (χ0v) is 11.0. The van der Waals surface area contributed by atoms with E-state index in [-0.39, 0.29) is 5.02 Å². The van der Waals surface area contributed by atoms with Crippen LogP contribution in [0.4, 0.5) is 14.5 Å². The maximum Gasteiger partial charge on any atom is 0.326 e. The highest BCUT2D eigenvalue weighted by atomic mass is 35.5. The van der Waals surface area contributed by atoms with Gasteiger partial charge >= 0.3 is 5.97 Å². The van der Waals surface area contributed by atoms with Crippen LogP contribution in [0.1, 0.15) is 16.8 Å². The van der Waals surface area contributed by atoms with Crippen LogP contribution in [0.2, 0.25) is 5.02 Å². The van der Waals surface area contributed by atoms with Crippen LogP contribution >= 0.6 is 11.6 Å². The minimum Gasteiger partial charge on any atom is -0.480 e. The maximum absolute atomic E-state index is 12.2. The number of alkyl halides is 2. The molecule has 1 unspecified atom stereocenters. The number of nitro groups is 1. The van der Waals surface area contributed by atoms with Crippen LogP contribution in [0.25, 0.3) is 0 Å². The summed E-state index contributed by atoms with van der Waals surface area (Å²) in [6.07, 6.45) is -4.06. The number of nitrogens with zero attached hydrogens (tertiary/aromatic N) is 1. The van der Waals surface area contributed by atoms with Crippen molar-refractivity contribution in [2.24, 2.45) is 0 Å². The largest absolute Gasteiger partial charge is 0.480 e. The van der Waals surface area contributed by atoms with E-state index in [1.807, 2.05) is 5.32 Å². The lowest BCUT2D eigenvalue weighted by Gasteiger charge is -2.14. The van der Waals surface area contributed by atoms with Crippen LogP contribution in [0, 0.1) is 10.1 Å². The normalized spacial score (nSPS) is 12.0. The number of carbonyl (C=O) groups is 2. The molecule has 0 bridgehead atoms. The van der Waals surface area contributed by atoms with Crippen molar-refractivity contribution in [2.45, 2.75) is 18.9 Å². The number of rotatable bonds is 6. The minimum absolute atomic E-state index is 0.000569. The molecule has 7 nitrogen and oxygen atoms in total. The topological polar surface area (TPSA) is 110 Å². The van der Waals surface area contributed by atoms with Crippen molar-refractivity contribution in [3.8, 4) is 0 Å². The molecule has 0 saturated heterocycles. The minimum atomic E-state index is -2.95. The van der Waals surface area contributed by atoms with E-state index in [0.717, 1.165) is 12.1 Å². The van der Waals surface area contributed by atoms with Crippen molar-refractivity contribution in [3.05, 3.63) is 38.9 Å². The second-order valence-electron chi connectivity index (χ2n) is 3.91. The lowest BCUT2D eigenvalue weighted by atomic mass is 10.1. The average molecular weight is 323 g/mol. The van der Waals surface area contributed by atoms with Gasteiger partial charge in [-0.1, -0.05) is 11.6 Å². The Kier molecular flexibility index (Phi) is 5.53. The number of aliphatic carboxylic acids is 1. The quantitative estimate of drug-likeness (QED) is 0.615. The zero-order valence-electron chi connectivity index (χ0n) is 10.3. The lowest BCUT2D eigenvalue weighted by molar-refractivity contribution is -0.385. The van der Waals surface area contributed by atoms with Crippen LogP contribution in [0.15, 0.2) is 18.2 Å². The third-order valence-corrected chi connectivity index (χ3v) is 2.65. The molecular formula is C11H9ClF2N2O5. The van der Waals surface area contributed by atoms with Crippen LogP contribution in [-0.2, 0) is 4.79 Å². The number of nitro benzene ring substituents is 1. The molecule has 114 valence electrons. The molecule has 0 spiro atoms. The second-order valence-corrected chi connectivity index (χ2v) is 4.35. The highest BCUT2D eigenvalue weighted by Crippen LogP contribution is 2.23. The fourth-order valence-corrected chi connectivity index (χ4v) is 1.65. The number of amides is 1. The van der Waals surface area contributed by atoms with E-state index in [0.29, 0.717) is 0 Å². The van der Waals surface area contributed by atoms with E-state index in [4.69, 9.17) is 16.7 Å². The molecule has 0 saturated carbocycles. The van der Waals surface area contributed by atoms with Crippen molar-refractivity contribution in [1.82, 2.24) is 5.32 Å².